The van der Waals surface area contributed by atoms with Gasteiger partial charge in [-0.1, -0.05) is 74.0 Å². The van der Waals surface area contributed by atoms with E-state index in [0.29, 0.717) is 0 Å². The van der Waals surface area contributed by atoms with Crippen LogP contribution in [0.2, 0.25) is 0 Å². The Bertz CT molecular complexity index is 434. The zero-order chi connectivity index (χ0) is 15.0. The molecule has 0 spiro atoms. The Hall–Kier alpha value is -0.493. The normalized spacial score (nSPS) is 17.4. The average Bonchev–Trinajstić information content (AvgIpc) is 2.46. The minimum atomic E-state index is -0.814. The fraction of sp³-hybridized carbons (Fsp3) is 0.412. The summed E-state index contributed by atoms with van der Waals surface area (Å²) >= 11 is 5.59. The molecule has 0 aromatic heterocycles. The summed E-state index contributed by atoms with van der Waals surface area (Å²) in [6, 6.07) is 9.80. The van der Waals surface area contributed by atoms with Gasteiger partial charge in [0.15, 0.2) is 0 Å². The van der Waals surface area contributed by atoms with Crippen LogP contribution in [0.3, 0.4) is 0 Å². The predicted octanol–water partition coefficient (Wildman–Crippen LogP) is 0.472. The second-order valence-corrected chi connectivity index (χ2v) is 5.22. The summed E-state index contributed by atoms with van der Waals surface area (Å²) < 4.78 is 5.46. The van der Waals surface area contributed by atoms with Gasteiger partial charge >= 0.3 is 18.9 Å². The second-order valence-electron chi connectivity index (χ2n) is 4.97. The van der Waals surface area contributed by atoms with Crippen LogP contribution in [-0.4, -0.2) is 19.3 Å². The molecule has 1 aromatic carbocycles. The minimum absolute atomic E-state index is 0. The zero-order valence-corrected chi connectivity index (χ0v) is 14.0. The van der Waals surface area contributed by atoms with Gasteiger partial charge in [0.25, 0.3) is 0 Å². The Morgan fingerprint density at radius 2 is 1.76 bits per heavy atom. The topological polar surface area (TPSA) is 32.3 Å². The molecule has 110 valence electrons. The molecule has 0 N–H and O–H groups in total. The monoisotopic (exact) mass is 300 g/mol. The molecule has 0 saturated heterocycles. The van der Waals surface area contributed by atoms with Crippen LogP contribution in [0.15, 0.2) is 48.0 Å². The molecule has 0 bridgehead atoms. The molecule has 0 unspecified atom stereocenters. The Morgan fingerprint density at radius 3 is 2.29 bits per heavy atom. The second kappa shape index (κ2) is 11.1. The van der Waals surface area contributed by atoms with Crippen molar-refractivity contribution in [2.75, 3.05) is 7.11 Å². The summed E-state index contributed by atoms with van der Waals surface area (Å²) in [4.78, 5) is 0. The molecule has 0 aliphatic rings. The van der Waals surface area contributed by atoms with E-state index in [4.69, 9.17) is 16.3 Å². The van der Waals surface area contributed by atoms with E-state index in [1.54, 1.807) is 13.2 Å². The van der Waals surface area contributed by atoms with Crippen LogP contribution >= 0.6 is 11.6 Å². The predicted molar refractivity (Wildman–Crippen MR) is 83.4 cm³/mol. The fourth-order valence-electron chi connectivity index (χ4n) is 2.26. The Balaban J connectivity index is 0.00000400. The molecule has 0 heterocycles. The van der Waals surface area contributed by atoms with Gasteiger partial charge in [-0.3, -0.25) is 0 Å². The van der Waals surface area contributed by atoms with Gasteiger partial charge in [0.05, 0.1) is 6.10 Å². The third kappa shape index (κ3) is 6.87. The summed E-state index contributed by atoms with van der Waals surface area (Å²) in [5.41, 5.74) is 2.51. The third-order valence-electron chi connectivity index (χ3n) is 3.48. The molecule has 0 aliphatic heterocycles. The minimum Gasteiger partial charge on any atom is -0.849 e. The van der Waals surface area contributed by atoms with Crippen molar-refractivity contribution in [3.63, 3.8) is 0 Å². The number of rotatable bonds is 7. The number of ether oxygens (including phenoxy) is 1. The van der Waals surface area contributed by atoms with E-state index < -0.39 is 6.10 Å². The van der Waals surface area contributed by atoms with E-state index in [0.717, 1.165) is 5.56 Å². The van der Waals surface area contributed by atoms with Gasteiger partial charge in [0.2, 0.25) is 0 Å². The Morgan fingerprint density at radius 1 is 1.14 bits per heavy atom. The molecule has 2 nitrogen and oxygen atoms in total. The van der Waals surface area contributed by atoms with E-state index in [2.05, 4.69) is 0 Å². The molecule has 4 atom stereocenters. The van der Waals surface area contributed by atoms with E-state index in [-0.39, 0.29) is 36.8 Å². The first kappa shape index (κ1) is 20.5. The van der Waals surface area contributed by atoms with Gasteiger partial charge in [-0.25, -0.2) is 0 Å². The third-order valence-corrected chi connectivity index (χ3v) is 3.63. The SMILES string of the molecule is CO[C@H]([C@H](C)[C@@H]([O-])/C=C/c1ccccc1)[C@@H](C)/C=C/Cl.[Li+]. The fourth-order valence-corrected chi connectivity index (χ4v) is 2.49. The largest absolute Gasteiger partial charge is 1.00 e. The maximum absolute atomic E-state index is 12.3. The van der Waals surface area contributed by atoms with E-state index in [9.17, 15) is 5.11 Å². The number of hydrogen-bond donors (Lipinski definition) is 0. The molecule has 0 saturated carbocycles. The standard InChI is InChI=1S/C17H22ClO2.Li/c1-13(11-12-18)17(20-3)14(2)16(19)10-9-15-7-5-4-6-8-15;/h4-14,16-17H,1-3H3;/q-1;+1/b10-9+,12-11+;/t13-,14+,16-,17-;/m0./s1. The first-order valence-corrected chi connectivity index (χ1v) is 7.22. The average molecular weight is 301 g/mol. The van der Waals surface area contributed by atoms with Gasteiger partial charge in [0, 0.05) is 18.6 Å². The molecule has 0 radical (unpaired) electrons. The van der Waals surface area contributed by atoms with Crippen molar-refractivity contribution >= 4 is 17.7 Å². The number of halogens is 1. The first-order valence-electron chi connectivity index (χ1n) is 6.79. The van der Waals surface area contributed by atoms with Crippen molar-refractivity contribution in [1.82, 2.24) is 0 Å². The molecule has 1 aromatic rings. The molecule has 4 heteroatoms. The van der Waals surface area contributed by atoms with Gasteiger partial charge in [-0.05, 0) is 11.5 Å². The molecule has 0 aliphatic carbocycles. The van der Waals surface area contributed by atoms with E-state index in [1.807, 2.05) is 56.3 Å². The smallest absolute Gasteiger partial charge is 0.849 e. The first-order chi connectivity index (χ1) is 9.60. The number of benzene rings is 1. The molecule has 1 rings (SSSR count). The van der Waals surface area contributed by atoms with Crippen molar-refractivity contribution in [2.45, 2.75) is 26.1 Å². The van der Waals surface area contributed by atoms with Gasteiger partial charge in [-0.15, -0.1) is 6.10 Å². The van der Waals surface area contributed by atoms with Crippen molar-refractivity contribution in [2.24, 2.45) is 11.8 Å². The number of methoxy groups -OCH3 is 1. The van der Waals surface area contributed by atoms with E-state index in [1.165, 1.54) is 5.54 Å². The maximum Gasteiger partial charge on any atom is 1.00 e. The summed E-state index contributed by atoms with van der Waals surface area (Å²) in [6.07, 6.45) is 4.45. The Kier molecular flexibility index (Phi) is 10.9. The van der Waals surface area contributed by atoms with Crippen LogP contribution in [0.5, 0.6) is 0 Å². The molecule has 0 amide bonds. The molecular weight excluding hydrogens is 279 g/mol. The van der Waals surface area contributed by atoms with Crippen LogP contribution < -0.4 is 24.0 Å². The number of hydrogen-bond acceptors (Lipinski definition) is 2. The summed E-state index contributed by atoms with van der Waals surface area (Å²) in [5.74, 6) is -0.0306. The zero-order valence-electron chi connectivity index (χ0n) is 13.2. The van der Waals surface area contributed by atoms with Crippen molar-refractivity contribution in [1.29, 1.82) is 0 Å². The quantitative estimate of drug-likeness (QED) is 0.686. The summed E-state index contributed by atoms with van der Waals surface area (Å²) in [7, 11) is 1.63. The van der Waals surface area contributed by atoms with Crippen LogP contribution in [0.25, 0.3) is 6.08 Å². The van der Waals surface area contributed by atoms with Crippen LogP contribution in [0.1, 0.15) is 19.4 Å². The van der Waals surface area contributed by atoms with Crippen LogP contribution in [-0.2, 0) is 4.74 Å². The van der Waals surface area contributed by atoms with E-state index >= 15 is 0 Å². The molecule has 0 fully saturated rings. The molecular formula is C17H22ClLiO2. The van der Waals surface area contributed by atoms with Crippen molar-refractivity contribution in [3.05, 3.63) is 53.6 Å². The summed E-state index contributed by atoms with van der Waals surface area (Å²) in [5, 5.41) is 12.3. The molecule has 21 heavy (non-hydrogen) atoms. The van der Waals surface area contributed by atoms with Gasteiger partial charge < -0.3 is 9.84 Å². The Labute approximate surface area is 145 Å². The maximum atomic E-state index is 12.3. The van der Waals surface area contributed by atoms with Crippen molar-refractivity contribution < 1.29 is 28.7 Å². The van der Waals surface area contributed by atoms with Crippen LogP contribution in [0, 0.1) is 11.8 Å². The van der Waals surface area contributed by atoms with Crippen LogP contribution in [0.4, 0.5) is 0 Å². The summed E-state index contributed by atoms with van der Waals surface area (Å²) in [6.45, 7) is 3.91. The van der Waals surface area contributed by atoms with Gasteiger partial charge in [-0.2, -0.15) is 0 Å². The van der Waals surface area contributed by atoms with Crippen molar-refractivity contribution in [3.8, 4) is 0 Å². The van der Waals surface area contributed by atoms with Gasteiger partial charge in [0.1, 0.15) is 0 Å².